The summed E-state index contributed by atoms with van der Waals surface area (Å²) >= 11 is 0. The average Bonchev–Trinajstić information content (AvgIpc) is 2.34. The summed E-state index contributed by atoms with van der Waals surface area (Å²) in [6.07, 6.45) is 2.73. The highest BCUT2D eigenvalue weighted by molar-refractivity contribution is 5.79. The van der Waals surface area contributed by atoms with Crippen molar-refractivity contribution in [3.63, 3.8) is 0 Å². The van der Waals surface area contributed by atoms with Crippen LogP contribution in [-0.2, 0) is 9.59 Å². The predicted molar refractivity (Wildman–Crippen MR) is 73.9 cm³/mol. The molecular formula is C14H26N2O3. The van der Waals surface area contributed by atoms with E-state index in [-0.39, 0.29) is 5.91 Å². The van der Waals surface area contributed by atoms with Crippen molar-refractivity contribution < 1.29 is 14.7 Å². The van der Waals surface area contributed by atoms with Crippen LogP contribution >= 0.6 is 0 Å². The van der Waals surface area contributed by atoms with E-state index >= 15 is 0 Å². The largest absolute Gasteiger partial charge is 0.481 e. The molecule has 5 nitrogen and oxygen atoms in total. The lowest BCUT2D eigenvalue weighted by molar-refractivity contribution is -0.153. The highest BCUT2D eigenvalue weighted by atomic mass is 16.4. The molecule has 0 aromatic carbocycles. The highest BCUT2D eigenvalue weighted by Crippen LogP contribution is 2.29. The number of piperidine rings is 1. The number of nitrogens with zero attached hydrogens (tertiary/aromatic N) is 1. The van der Waals surface area contributed by atoms with Crippen LogP contribution in [0.15, 0.2) is 0 Å². The van der Waals surface area contributed by atoms with Crippen molar-refractivity contribution in [2.45, 2.75) is 52.5 Å². The lowest BCUT2D eigenvalue weighted by Gasteiger charge is -2.37. The summed E-state index contributed by atoms with van der Waals surface area (Å²) in [5.74, 6) is -0.718. The number of aliphatic carboxylic acids is 1. The minimum Gasteiger partial charge on any atom is -0.481 e. The lowest BCUT2D eigenvalue weighted by atomic mass is 9.82. The van der Waals surface area contributed by atoms with Gasteiger partial charge in [-0.15, -0.1) is 0 Å². The molecular weight excluding hydrogens is 244 g/mol. The SMILES string of the molecule is CC(C)NCCCC(=O)N1CCCC(C)(C(=O)O)C1. The molecule has 0 saturated carbocycles. The summed E-state index contributed by atoms with van der Waals surface area (Å²) in [5, 5.41) is 12.5. The predicted octanol–water partition coefficient (Wildman–Crippen LogP) is 1.48. The quantitative estimate of drug-likeness (QED) is 0.717. The van der Waals surface area contributed by atoms with Gasteiger partial charge in [-0.25, -0.2) is 0 Å². The first-order valence-electron chi connectivity index (χ1n) is 7.10. The van der Waals surface area contributed by atoms with E-state index in [1.165, 1.54) is 0 Å². The van der Waals surface area contributed by atoms with Crippen LogP contribution in [0.5, 0.6) is 0 Å². The molecule has 1 atom stereocenters. The summed E-state index contributed by atoms with van der Waals surface area (Å²) < 4.78 is 0. The summed E-state index contributed by atoms with van der Waals surface area (Å²) in [5.41, 5.74) is -0.774. The van der Waals surface area contributed by atoms with E-state index < -0.39 is 11.4 Å². The number of nitrogens with one attached hydrogen (secondary N) is 1. The summed E-state index contributed by atoms with van der Waals surface area (Å²) in [6, 6.07) is 0.431. The molecule has 0 radical (unpaired) electrons. The van der Waals surface area contributed by atoms with Crippen LogP contribution in [0.3, 0.4) is 0 Å². The van der Waals surface area contributed by atoms with Gasteiger partial charge in [0.1, 0.15) is 0 Å². The number of carboxylic acids is 1. The van der Waals surface area contributed by atoms with Gasteiger partial charge in [-0.05, 0) is 32.7 Å². The molecule has 1 heterocycles. The molecule has 1 amide bonds. The van der Waals surface area contributed by atoms with Gasteiger partial charge in [0.15, 0.2) is 0 Å². The normalized spacial score (nSPS) is 23.7. The number of carbonyl (C=O) groups excluding carboxylic acids is 1. The van der Waals surface area contributed by atoms with Crippen molar-refractivity contribution in [1.29, 1.82) is 0 Å². The molecule has 1 aliphatic heterocycles. The van der Waals surface area contributed by atoms with E-state index in [0.29, 0.717) is 32.0 Å². The summed E-state index contributed by atoms with van der Waals surface area (Å²) in [4.78, 5) is 25.0. The fourth-order valence-corrected chi connectivity index (χ4v) is 2.42. The van der Waals surface area contributed by atoms with Crippen molar-refractivity contribution in [3.05, 3.63) is 0 Å². The monoisotopic (exact) mass is 270 g/mol. The Morgan fingerprint density at radius 3 is 2.68 bits per heavy atom. The second kappa shape index (κ2) is 6.89. The Morgan fingerprint density at radius 1 is 1.42 bits per heavy atom. The topological polar surface area (TPSA) is 69.6 Å². The van der Waals surface area contributed by atoms with Crippen molar-refractivity contribution in [3.8, 4) is 0 Å². The maximum atomic E-state index is 12.1. The lowest BCUT2D eigenvalue weighted by Crippen LogP contribution is -2.48. The second-order valence-electron chi connectivity index (χ2n) is 6.00. The van der Waals surface area contributed by atoms with E-state index in [0.717, 1.165) is 19.4 Å². The first-order valence-corrected chi connectivity index (χ1v) is 7.10. The third kappa shape index (κ3) is 4.82. The zero-order chi connectivity index (χ0) is 14.5. The number of rotatable bonds is 6. The molecule has 0 aliphatic carbocycles. The molecule has 0 spiro atoms. The molecule has 1 unspecified atom stereocenters. The Hall–Kier alpha value is -1.10. The molecule has 5 heteroatoms. The maximum absolute atomic E-state index is 12.1. The van der Waals surface area contributed by atoms with Gasteiger partial charge < -0.3 is 15.3 Å². The van der Waals surface area contributed by atoms with E-state index in [4.69, 9.17) is 0 Å². The first kappa shape index (κ1) is 16.0. The van der Waals surface area contributed by atoms with Crippen LogP contribution in [0, 0.1) is 5.41 Å². The summed E-state index contributed by atoms with van der Waals surface area (Å²) in [6.45, 7) is 7.75. The summed E-state index contributed by atoms with van der Waals surface area (Å²) in [7, 11) is 0. The van der Waals surface area contributed by atoms with Gasteiger partial charge in [0, 0.05) is 25.6 Å². The van der Waals surface area contributed by atoms with Crippen LogP contribution in [0.2, 0.25) is 0 Å². The number of amides is 1. The van der Waals surface area contributed by atoms with Gasteiger partial charge in [0.25, 0.3) is 0 Å². The van der Waals surface area contributed by atoms with Crippen LogP contribution in [0.1, 0.15) is 46.5 Å². The van der Waals surface area contributed by atoms with Crippen LogP contribution in [0.4, 0.5) is 0 Å². The minimum absolute atomic E-state index is 0.0812. The van der Waals surface area contributed by atoms with Crippen molar-refractivity contribution in [2.24, 2.45) is 5.41 Å². The molecule has 110 valence electrons. The van der Waals surface area contributed by atoms with Crippen molar-refractivity contribution in [2.75, 3.05) is 19.6 Å². The molecule has 19 heavy (non-hydrogen) atoms. The number of carboxylic acid groups (broad SMARTS) is 1. The fourth-order valence-electron chi connectivity index (χ4n) is 2.42. The molecule has 0 bridgehead atoms. The number of hydrogen-bond donors (Lipinski definition) is 2. The van der Waals surface area contributed by atoms with Gasteiger partial charge in [-0.1, -0.05) is 13.8 Å². The Morgan fingerprint density at radius 2 is 2.11 bits per heavy atom. The molecule has 0 aromatic heterocycles. The zero-order valence-corrected chi connectivity index (χ0v) is 12.2. The van der Waals surface area contributed by atoms with E-state index in [2.05, 4.69) is 19.2 Å². The zero-order valence-electron chi connectivity index (χ0n) is 12.2. The van der Waals surface area contributed by atoms with Crippen molar-refractivity contribution >= 4 is 11.9 Å². The Balaban J connectivity index is 2.38. The first-order chi connectivity index (χ1) is 8.85. The second-order valence-corrected chi connectivity index (χ2v) is 6.00. The minimum atomic E-state index is -0.800. The standard InChI is InChI=1S/C14H26N2O3/c1-11(2)15-8-4-6-12(17)16-9-5-7-14(3,10-16)13(18)19/h11,15H,4-10H2,1-3H3,(H,18,19). The van der Waals surface area contributed by atoms with Gasteiger partial charge in [-0.3, -0.25) is 9.59 Å². The Labute approximate surface area is 115 Å². The van der Waals surface area contributed by atoms with Crippen molar-refractivity contribution in [1.82, 2.24) is 10.2 Å². The van der Waals surface area contributed by atoms with Crippen LogP contribution in [0.25, 0.3) is 0 Å². The van der Waals surface area contributed by atoms with Gasteiger partial charge in [-0.2, -0.15) is 0 Å². The van der Waals surface area contributed by atoms with Crippen LogP contribution < -0.4 is 5.32 Å². The molecule has 1 rings (SSSR count). The maximum Gasteiger partial charge on any atom is 0.311 e. The highest BCUT2D eigenvalue weighted by Gasteiger charge is 2.39. The fraction of sp³-hybridized carbons (Fsp3) is 0.857. The smallest absolute Gasteiger partial charge is 0.311 e. The third-order valence-corrected chi connectivity index (χ3v) is 3.69. The number of hydrogen-bond acceptors (Lipinski definition) is 3. The number of likely N-dealkylation sites (tertiary alicyclic amines) is 1. The molecule has 1 aliphatic rings. The van der Waals surface area contributed by atoms with Gasteiger partial charge >= 0.3 is 5.97 Å². The molecule has 1 fully saturated rings. The molecule has 0 aromatic rings. The number of carbonyl (C=O) groups is 2. The molecule has 2 N–H and O–H groups in total. The van der Waals surface area contributed by atoms with E-state index in [9.17, 15) is 14.7 Å². The van der Waals surface area contributed by atoms with E-state index in [1.54, 1.807) is 11.8 Å². The average molecular weight is 270 g/mol. The Kier molecular flexibility index (Phi) is 5.79. The van der Waals surface area contributed by atoms with Gasteiger partial charge in [0.05, 0.1) is 5.41 Å². The Bertz CT molecular complexity index is 331. The van der Waals surface area contributed by atoms with E-state index in [1.807, 2.05) is 0 Å². The van der Waals surface area contributed by atoms with Crippen LogP contribution in [-0.4, -0.2) is 47.6 Å². The molecule has 1 saturated heterocycles. The van der Waals surface area contributed by atoms with Gasteiger partial charge in [0.2, 0.25) is 5.91 Å². The third-order valence-electron chi connectivity index (χ3n) is 3.69.